The van der Waals surface area contributed by atoms with Gasteiger partial charge < -0.3 is 15.5 Å². The smallest absolute Gasteiger partial charge is 0.376 e. The summed E-state index contributed by atoms with van der Waals surface area (Å²) in [4.78, 5) is 26.8. The lowest BCUT2D eigenvalue weighted by Crippen LogP contribution is -2.30. The van der Waals surface area contributed by atoms with Crippen LogP contribution in [0.4, 0.5) is 30.2 Å². The molecule has 3 rings (SSSR count). The molecule has 0 unspecified atom stereocenters. The fourth-order valence-corrected chi connectivity index (χ4v) is 3.13. The van der Waals surface area contributed by atoms with Crippen molar-refractivity contribution >= 4 is 28.9 Å². The second-order valence-corrected chi connectivity index (χ2v) is 6.95. The van der Waals surface area contributed by atoms with Gasteiger partial charge in [0.25, 0.3) is 5.91 Å². The Morgan fingerprint density at radius 2 is 1.56 bits per heavy atom. The highest BCUT2D eigenvalue weighted by Crippen LogP contribution is 2.30. The third kappa shape index (κ3) is 5.87. The second-order valence-electron chi connectivity index (χ2n) is 6.95. The minimum absolute atomic E-state index is 0.181. The van der Waals surface area contributed by atoms with Crippen LogP contribution in [0.5, 0.6) is 0 Å². The van der Waals surface area contributed by atoms with Gasteiger partial charge in [-0.2, -0.15) is 13.2 Å². The van der Waals surface area contributed by atoms with Gasteiger partial charge >= 0.3 is 6.18 Å². The maximum absolute atomic E-state index is 12.9. The van der Waals surface area contributed by atoms with Gasteiger partial charge in [-0.3, -0.25) is 9.59 Å². The molecule has 3 aromatic rings. The summed E-state index contributed by atoms with van der Waals surface area (Å²) in [6, 6.07) is 20.4. The molecule has 0 saturated carbocycles. The van der Waals surface area contributed by atoms with Gasteiger partial charge in [0.2, 0.25) is 5.91 Å². The minimum atomic E-state index is -4.46. The number of para-hydroxylation sites is 1. The fourth-order valence-electron chi connectivity index (χ4n) is 3.13. The summed E-state index contributed by atoms with van der Waals surface area (Å²) >= 11 is 0. The molecule has 0 atom stereocenters. The predicted molar refractivity (Wildman–Crippen MR) is 119 cm³/mol. The number of alkyl halides is 3. The summed E-state index contributed by atoms with van der Waals surface area (Å²) in [7, 11) is 0. The lowest BCUT2D eigenvalue weighted by atomic mass is 10.1. The topological polar surface area (TPSA) is 61.4 Å². The normalized spacial score (nSPS) is 11.0. The van der Waals surface area contributed by atoms with Crippen molar-refractivity contribution in [1.29, 1.82) is 0 Å². The summed E-state index contributed by atoms with van der Waals surface area (Å²) in [5.41, 5.74) is 0.961. The van der Waals surface area contributed by atoms with Crippen LogP contribution in [0.2, 0.25) is 0 Å². The van der Waals surface area contributed by atoms with Crippen molar-refractivity contribution in [2.75, 3.05) is 28.6 Å². The van der Waals surface area contributed by atoms with Crippen molar-refractivity contribution in [1.82, 2.24) is 0 Å². The largest absolute Gasteiger partial charge is 0.416 e. The monoisotopic (exact) mass is 441 g/mol. The maximum atomic E-state index is 12.9. The van der Waals surface area contributed by atoms with E-state index in [9.17, 15) is 22.8 Å². The third-order valence-corrected chi connectivity index (χ3v) is 4.67. The molecule has 32 heavy (non-hydrogen) atoms. The number of halogens is 3. The van der Waals surface area contributed by atoms with E-state index in [4.69, 9.17) is 0 Å². The van der Waals surface area contributed by atoms with Crippen molar-refractivity contribution < 1.29 is 22.8 Å². The molecular formula is C24H22F3N3O2. The van der Waals surface area contributed by atoms with Crippen LogP contribution in [-0.2, 0) is 11.0 Å². The number of benzene rings is 3. The summed E-state index contributed by atoms with van der Waals surface area (Å²) in [6.07, 6.45) is -4.46. The molecule has 0 aliphatic rings. The summed E-state index contributed by atoms with van der Waals surface area (Å²) in [5.74, 6) is -0.667. The van der Waals surface area contributed by atoms with Crippen molar-refractivity contribution in [2.45, 2.75) is 13.1 Å². The average molecular weight is 441 g/mol. The molecule has 2 amide bonds. The molecule has 0 heterocycles. The first kappa shape index (κ1) is 22.9. The van der Waals surface area contributed by atoms with E-state index >= 15 is 0 Å². The van der Waals surface area contributed by atoms with Gasteiger partial charge in [-0.1, -0.05) is 30.3 Å². The first-order valence-electron chi connectivity index (χ1n) is 9.96. The van der Waals surface area contributed by atoms with Crippen LogP contribution in [0.25, 0.3) is 0 Å². The number of rotatable bonds is 7. The van der Waals surface area contributed by atoms with Crippen molar-refractivity contribution in [3.63, 3.8) is 0 Å². The Balaban J connectivity index is 1.64. The number of anilines is 3. The zero-order valence-corrected chi connectivity index (χ0v) is 17.3. The third-order valence-electron chi connectivity index (χ3n) is 4.67. The molecule has 0 saturated heterocycles. The molecule has 0 aliphatic carbocycles. The van der Waals surface area contributed by atoms with Crippen LogP contribution >= 0.6 is 0 Å². The number of hydrogen-bond donors (Lipinski definition) is 2. The van der Waals surface area contributed by atoms with Crippen LogP contribution in [-0.4, -0.2) is 24.9 Å². The van der Waals surface area contributed by atoms with Gasteiger partial charge in [0.15, 0.2) is 0 Å². The molecule has 5 nitrogen and oxygen atoms in total. The van der Waals surface area contributed by atoms with Crippen LogP contribution in [0.3, 0.4) is 0 Å². The van der Waals surface area contributed by atoms with E-state index in [1.165, 1.54) is 12.1 Å². The molecule has 0 radical (unpaired) electrons. The average Bonchev–Trinajstić information content (AvgIpc) is 2.79. The Labute approximate surface area is 183 Å². The fraction of sp³-hybridized carbons (Fsp3) is 0.167. The minimum Gasteiger partial charge on any atom is -0.376 e. The number of hydrogen-bond acceptors (Lipinski definition) is 3. The van der Waals surface area contributed by atoms with E-state index in [0.29, 0.717) is 17.8 Å². The van der Waals surface area contributed by atoms with E-state index in [-0.39, 0.29) is 18.1 Å². The summed E-state index contributed by atoms with van der Waals surface area (Å²) < 4.78 is 38.4. The summed E-state index contributed by atoms with van der Waals surface area (Å²) in [5, 5.41) is 5.33. The quantitative estimate of drug-likeness (QED) is 0.515. The number of nitrogens with zero attached hydrogens (tertiary/aromatic N) is 1. The molecule has 0 aliphatic heterocycles. The van der Waals surface area contributed by atoms with Crippen molar-refractivity contribution in [2.24, 2.45) is 0 Å². The Morgan fingerprint density at radius 1 is 0.875 bits per heavy atom. The van der Waals surface area contributed by atoms with E-state index in [1.807, 2.05) is 37.3 Å². The molecule has 0 fully saturated rings. The Morgan fingerprint density at radius 3 is 2.25 bits per heavy atom. The predicted octanol–water partition coefficient (Wildman–Crippen LogP) is 5.42. The Bertz CT molecular complexity index is 1090. The number of carbonyl (C=O) groups is 2. The lowest BCUT2D eigenvalue weighted by molar-refractivity contribution is -0.137. The molecule has 3 aromatic carbocycles. The zero-order chi connectivity index (χ0) is 23.1. The highest BCUT2D eigenvalue weighted by Gasteiger charge is 2.30. The molecule has 0 bridgehead atoms. The van der Waals surface area contributed by atoms with Gasteiger partial charge in [-0.25, -0.2) is 0 Å². The van der Waals surface area contributed by atoms with Crippen LogP contribution < -0.4 is 15.5 Å². The van der Waals surface area contributed by atoms with E-state index in [0.717, 1.165) is 17.8 Å². The van der Waals surface area contributed by atoms with Crippen molar-refractivity contribution in [3.05, 3.63) is 90.0 Å². The Kier molecular flexibility index (Phi) is 7.14. The van der Waals surface area contributed by atoms with Crippen LogP contribution in [0.15, 0.2) is 78.9 Å². The zero-order valence-electron chi connectivity index (χ0n) is 17.3. The van der Waals surface area contributed by atoms with E-state index in [1.54, 1.807) is 29.2 Å². The van der Waals surface area contributed by atoms with Crippen LogP contribution in [0.1, 0.15) is 22.8 Å². The van der Waals surface area contributed by atoms with Crippen LogP contribution in [0, 0.1) is 0 Å². The molecule has 0 aromatic heterocycles. The standard InChI is InChI=1S/C24H22F3N3O2/c1-2-30(21-12-4-3-5-13-21)23(32)17-8-6-11-20(14-17)29-22(31)16-28-19-10-7-9-18(15-19)24(25,26)27/h3-15,28H,2,16H2,1H3,(H,29,31). The molecule has 0 spiro atoms. The van der Waals surface area contributed by atoms with Gasteiger partial charge in [0, 0.05) is 29.2 Å². The van der Waals surface area contributed by atoms with Gasteiger partial charge in [0.1, 0.15) is 0 Å². The van der Waals surface area contributed by atoms with E-state index in [2.05, 4.69) is 10.6 Å². The van der Waals surface area contributed by atoms with Gasteiger partial charge in [0.05, 0.1) is 12.1 Å². The molecule has 8 heteroatoms. The first-order chi connectivity index (χ1) is 15.3. The highest BCUT2D eigenvalue weighted by molar-refractivity contribution is 6.07. The number of amides is 2. The second kappa shape index (κ2) is 10.00. The number of carbonyl (C=O) groups excluding carboxylic acids is 2. The van der Waals surface area contributed by atoms with Crippen molar-refractivity contribution in [3.8, 4) is 0 Å². The highest BCUT2D eigenvalue weighted by atomic mass is 19.4. The van der Waals surface area contributed by atoms with Gasteiger partial charge in [-0.15, -0.1) is 0 Å². The Hall–Kier alpha value is -3.81. The first-order valence-corrected chi connectivity index (χ1v) is 9.96. The van der Waals surface area contributed by atoms with Gasteiger partial charge in [-0.05, 0) is 55.5 Å². The lowest BCUT2D eigenvalue weighted by Gasteiger charge is -2.21. The SMILES string of the molecule is CCN(C(=O)c1cccc(NC(=O)CNc2cccc(C(F)(F)F)c2)c1)c1ccccc1. The van der Waals surface area contributed by atoms with E-state index < -0.39 is 17.6 Å². The number of nitrogens with one attached hydrogen (secondary N) is 2. The summed E-state index contributed by atoms with van der Waals surface area (Å²) in [6.45, 7) is 2.11. The molecular weight excluding hydrogens is 419 g/mol. The maximum Gasteiger partial charge on any atom is 0.416 e. The molecule has 166 valence electrons. The molecule has 2 N–H and O–H groups in total.